The van der Waals surface area contributed by atoms with Crippen LogP contribution in [0, 0.1) is 0 Å². The van der Waals surface area contributed by atoms with Gasteiger partial charge in [0.15, 0.2) is 0 Å². The van der Waals surface area contributed by atoms with E-state index in [1.165, 1.54) is 17.5 Å². The number of amides is 1. The number of halogens is 3. The molecule has 3 rings (SSSR count). The molecule has 2 atom stereocenters. The van der Waals surface area contributed by atoms with Gasteiger partial charge in [-0.3, -0.25) is 15.2 Å². The molecule has 2 aromatic rings. The minimum atomic E-state index is -1.04. The summed E-state index contributed by atoms with van der Waals surface area (Å²) in [7, 11) is 0. The molecule has 0 fully saturated rings. The number of carbonyl (C=O) groups excluding carboxylic acids is 1. The van der Waals surface area contributed by atoms with Crippen LogP contribution in [0.25, 0.3) is 0 Å². The van der Waals surface area contributed by atoms with Crippen LogP contribution in [0.1, 0.15) is 42.4 Å². The fourth-order valence-electron chi connectivity index (χ4n) is 3.77. The number of anilines is 1. The minimum absolute atomic E-state index is 0. The SMILES string of the molecule is CC(=O)NN1c2cc(Cl)cc(Cl)c2[C@H](c2ccc(CCCN)cc2)C[C@H]1C(=O)O.Cl. The van der Waals surface area contributed by atoms with E-state index in [-0.39, 0.29) is 30.7 Å². The Labute approximate surface area is 191 Å². The van der Waals surface area contributed by atoms with Gasteiger partial charge in [-0.2, -0.15) is 0 Å². The molecule has 1 aliphatic rings. The van der Waals surface area contributed by atoms with Gasteiger partial charge in [-0.1, -0.05) is 47.5 Å². The van der Waals surface area contributed by atoms with Gasteiger partial charge in [0.05, 0.1) is 5.69 Å². The lowest BCUT2D eigenvalue weighted by Crippen LogP contribution is -2.54. The van der Waals surface area contributed by atoms with Gasteiger partial charge in [-0.25, -0.2) is 4.79 Å². The highest BCUT2D eigenvalue weighted by molar-refractivity contribution is 6.35. The van der Waals surface area contributed by atoms with E-state index in [9.17, 15) is 14.7 Å². The van der Waals surface area contributed by atoms with Crippen LogP contribution in [0.5, 0.6) is 0 Å². The largest absolute Gasteiger partial charge is 0.480 e. The first-order valence-electron chi connectivity index (χ1n) is 9.39. The number of nitrogens with zero attached hydrogens (tertiary/aromatic N) is 1. The third kappa shape index (κ3) is 5.19. The molecule has 0 radical (unpaired) electrons. The lowest BCUT2D eigenvalue weighted by molar-refractivity contribution is -0.139. The molecule has 0 spiro atoms. The molecule has 4 N–H and O–H groups in total. The molecule has 30 heavy (non-hydrogen) atoms. The Hall–Kier alpha value is -1.99. The molecule has 162 valence electrons. The van der Waals surface area contributed by atoms with Gasteiger partial charge >= 0.3 is 5.97 Å². The summed E-state index contributed by atoms with van der Waals surface area (Å²) in [5.74, 6) is -1.66. The first-order chi connectivity index (χ1) is 13.8. The van der Waals surface area contributed by atoms with Crippen molar-refractivity contribution < 1.29 is 14.7 Å². The zero-order valence-electron chi connectivity index (χ0n) is 16.4. The van der Waals surface area contributed by atoms with Crippen molar-refractivity contribution in [3.05, 3.63) is 63.1 Å². The quantitative estimate of drug-likeness (QED) is 0.587. The smallest absolute Gasteiger partial charge is 0.328 e. The number of hydrazine groups is 1. The van der Waals surface area contributed by atoms with Gasteiger partial charge in [0.2, 0.25) is 5.91 Å². The molecule has 1 heterocycles. The molecular formula is C21H24Cl3N3O3. The Balaban J connectivity index is 0.00000320. The van der Waals surface area contributed by atoms with Crippen molar-refractivity contribution in [3.8, 4) is 0 Å². The summed E-state index contributed by atoms with van der Waals surface area (Å²) < 4.78 is 0. The number of carboxylic acids is 1. The van der Waals surface area contributed by atoms with Crippen LogP contribution in [0.4, 0.5) is 5.69 Å². The number of hydrogen-bond acceptors (Lipinski definition) is 4. The van der Waals surface area contributed by atoms with Gasteiger partial charge in [0.1, 0.15) is 6.04 Å². The topological polar surface area (TPSA) is 95.7 Å². The van der Waals surface area contributed by atoms with Crippen LogP contribution in [0.2, 0.25) is 10.0 Å². The fourth-order valence-corrected chi connectivity index (χ4v) is 4.39. The molecule has 6 nitrogen and oxygen atoms in total. The van der Waals surface area contributed by atoms with Gasteiger partial charge in [-0.15, -0.1) is 12.4 Å². The van der Waals surface area contributed by atoms with Crippen LogP contribution in [-0.4, -0.2) is 29.6 Å². The van der Waals surface area contributed by atoms with E-state index in [2.05, 4.69) is 5.43 Å². The number of carboxylic acid groups (broad SMARTS) is 1. The summed E-state index contributed by atoms with van der Waals surface area (Å²) in [6.45, 7) is 1.96. The van der Waals surface area contributed by atoms with Crippen molar-refractivity contribution in [2.45, 2.75) is 38.1 Å². The van der Waals surface area contributed by atoms with E-state index in [0.29, 0.717) is 22.3 Å². The minimum Gasteiger partial charge on any atom is -0.480 e. The summed E-state index contributed by atoms with van der Waals surface area (Å²) in [5, 5.41) is 12.0. The Bertz CT molecular complexity index is 922. The summed E-state index contributed by atoms with van der Waals surface area (Å²) in [6, 6.07) is 10.4. The predicted molar refractivity (Wildman–Crippen MR) is 122 cm³/mol. The second kappa shape index (κ2) is 10.4. The molecule has 9 heteroatoms. The van der Waals surface area contributed by atoms with E-state index in [4.69, 9.17) is 28.9 Å². The number of nitrogens with one attached hydrogen (secondary N) is 1. The zero-order chi connectivity index (χ0) is 21.1. The molecule has 1 aliphatic heterocycles. The van der Waals surface area contributed by atoms with Crippen LogP contribution in [-0.2, 0) is 16.0 Å². The van der Waals surface area contributed by atoms with Crippen LogP contribution < -0.4 is 16.2 Å². The van der Waals surface area contributed by atoms with Crippen LogP contribution in [0.3, 0.4) is 0 Å². The summed E-state index contributed by atoms with van der Waals surface area (Å²) in [5.41, 5.74) is 11.6. The highest BCUT2D eigenvalue weighted by atomic mass is 35.5. The van der Waals surface area contributed by atoms with E-state index >= 15 is 0 Å². The lowest BCUT2D eigenvalue weighted by atomic mass is 9.81. The maximum absolute atomic E-state index is 12.0. The van der Waals surface area contributed by atoms with E-state index in [0.717, 1.165) is 24.0 Å². The first kappa shape index (κ1) is 24.3. The van der Waals surface area contributed by atoms with Crippen LogP contribution in [0.15, 0.2) is 36.4 Å². The third-order valence-corrected chi connectivity index (χ3v) is 5.60. The van der Waals surface area contributed by atoms with Crippen molar-refractivity contribution in [2.24, 2.45) is 5.73 Å². The number of aliphatic carboxylic acids is 1. The van der Waals surface area contributed by atoms with E-state index in [1.54, 1.807) is 12.1 Å². The number of hydrogen-bond donors (Lipinski definition) is 3. The van der Waals surface area contributed by atoms with Crippen molar-refractivity contribution in [1.29, 1.82) is 0 Å². The molecule has 2 aromatic carbocycles. The third-order valence-electron chi connectivity index (χ3n) is 5.07. The number of benzene rings is 2. The number of nitrogens with two attached hydrogens (primary N) is 1. The number of carbonyl (C=O) groups is 2. The second-order valence-electron chi connectivity index (χ2n) is 7.13. The summed E-state index contributed by atoms with van der Waals surface area (Å²) in [6.07, 6.45) is 2.05. The van der Waals surface area contributed by atoms with Crippen LogP contribution >= 0.6 is 35.6 Å². The average molecular weight is 473 g/mol. The lowest BCUT2D eigenvalue weighted by Gasteiger charge is -2.40. The Morgan fingerprint density at radius 2 is 1.90 bits per heavy atom. The highest BCUT2D eigenvalue weighted by Crippen LogP contribution is 2.46. The predicted octanol–water partition coefficient (Wildman–Crippen LogP) is 4.15. The Morgan fingerprint density at radius 3 is 2.47 bits per heavy atom. The van der Waals surface area contributed by atoms with Gasteiger partial charge < -0.3 is 10.8 Å². The molecule has 0 unspecified atom stereocenters. The zero-order valence-corrected chi connectivity index (χ0v) is 18.7. The van der Waals surface area contributed by atoms with Crippen molar-refractivity contribution >= 4 is 53.2 Å². The van der Waals surface area contributed by atoms with E-state index < -0.39 is 12.0 Å². The number of rotatable bonds is 6. The molecule has 0 saturated heterocycles. The van der Waals surface area contributed by atoms with Crippen molar-refractivity contribution in [3.63, 3.8) is 0 Å². The number of fused-ring (bicyclic) bond motifs is 1. The molecule has 0 aromatic heterocycles. The fraction of sp³-hybridized carbons (Fsp3) is 0.333. The van der Waals surface area contributed by atoms with Crippen molar-refractivity contribution in [1.82, 2.24) is 5.43 Å². The van der Waals surface area contributed by atoms with Gasteiger partial charge in [0, 0.05) is 28.5 Å². The number of aryl methyl sites for hydroxylation is 1. The maximum atomic E-state index is 12.0. The average Bonchev–Trinajstić information content (AvgIpc) is 2.66. The summed E-state index contributed by atoms with van der Waals surface area (Å²) in [4.78, 5) is 23.7. The second-order valence-corrected chi connectivity index (χ2v) is 7.98. The Kier molecular flexibility index (Phi) is 8.38. The first-order valence-corrected chi connectivity index (χ1v) is 10.1. The monoisotopic (exact) mass is 471 g/mol. The highest BCUT2D eigenvalue weighted by Gasteiger charge is 2.39. The molecule has 1 amide bonds. The van der Waals surface area contributed by atoms with Gasteiger partial charge in [-0.05, 0) is 49.1 Å². The molecule has 0 aliphatic carbocycles. The van der Waals surface area contributed by atoms with Crippen molar-refractivity contribution in [2.75, 3.05) is 11.6 Å². The maximum Gasteiger partial charge on any atom is 0.328 e. The standard InChI is InChI=1S/C21H23Cl2N3O3.ClH/c1-12(27)25-26-18-10-15(22)9-17(23)20(18)16(11-19(26)21(28)29)14-6-4-13(5-7-14)3-2-8-24;/h4-7,9-10,16,19H,2-3,8,11,24H2,1H3,(H,25,27)(H,28,29);1H/t16-,19-;/m0./s1. The normalized spacial score (nSPS) is 17.7. The Morgan fingerprint density at radius 1 is 1.23 bits per heavy atom. The molecule has 0 saturated carbocycles. The van der Waals surface area contributed by atoms with Gasteiger partial charge in [0.25, 0.3) is 0 Å². The van der Waals surface area contributed by atoms with E-state index in [1.807, 2.05) is 24.3 Å². The summed E-state index contributed by atoms with van der Waals surface area (Å²) >= 11 is 12.7. The molecular weight excluding hydrogens is 449 g/mol. The molecule has 0 bridgehead atoms.